The molecule has 0 aliphatic heterocycles. The summed E-state index contributed by atoms with van der Waals surface area (Å²) >= 11 is 0. The van der Waals surface area contributed by atoms with Crippen LogP contribution in [-0.4, -0.2) is 31.6 Å². The Kier molecular flexibility index (Phi) is 4.64. The maximum atomic E-state index is 3.59. The van der Waals surface area contributed by atoms with Gasteiger partial charge in [-0.15, -0.1) is 0 Å². The molecule has 106 valence electrons. The van der Waals surface area contributed by atoms with Gasteiger partial charge in [0.2, 0.25) is 0 Å². The van der Waals surface area contributed by atoms with Crippen molar-refractivity contribution in [1.29, 1.82) is 0 Å². The Labute approximate surface area is 118 Å². The summed E-state index contributed by atoms with van der Waals surface area (Å²) in [7, 11) is 6.58. The molecule has 1 aromatic carbocycles. The lowest BCUT2D eigenvalue weighted by Crippen LogP contribution is -2.54. The second-order valence-corrected chi connectivity index (χ2v) is 6.19. The van der Waals surface area contributed by atoms with Crippen LogP contribution in [0.2, 0.25) is 0 Å². The molecular weight excluding hydrogens is 232 g/mol. The average molecular weight is 260 g/mol. The van der Waals surface area contributed by atoms with Gasteiger partial charge in [-0.25, -0.2) is 0 Å². The van der Waals surface area contributed by atoms with Crippen LogP contribution in [0.15, 0.2) is 24.3 Å². The Bertz CT molecular complexity index is 388. The molecule has 0 bridgehead atoms. The van der Waals surface area contributed by atoms with Gasteiger partial charge in [0.05, 0.1) is 6.04 Å². The van der Waals surface area contributed by atoms with Crippen LogP contribution >= 0.6 is 0 Å². The van der Waals surface area contributed by atoms with Crippen LogP contribution in [-0.2, 0) is 0 Å². The molecule has 1 aromatic rings. The SMILES string of the molecule is CNC(c1ccc(C)cc1)C1(N(C)C)CCCCC1. The van der Waals surface area contributed by atoms with Crippen molar-refractivity contribution >= 4 is 0 Å². The van der Waals surface area contributed by atoms with E-state index in [4.69, 9.17) is 0 Å². The van der Waals surface area contributed by atoms with E-state index in [9.17, 15) is 0 Å². The van der Waals surface area contributed by atoms with E-state index in [0.717, 1.165) is 0 Å². The number of hydrogen-bond donors (Lipinski definition) is 1. The fourth-order valence-corrected chi connectivity index (χ4v) is 3.66. The standard InChI is InChI=1S/C17H28N2/c1-14-8-10-15(11-9-14)16(18-2)17(19(3)4)12-6-5-7-13-17/h8-11,16,18H,5-7,12-13H2,1-4H3. The molecule has 1 aliphatic carbocycles. The molecule has 0 spiro atoms. The Balaban J connectivity index is 2.34. The van der Waals surface area contributed by atoms with Gasteiger partial charge >= 0.3 is 0 Å². The summed E-state index contributed by atoms with van der Waals surface area (Å²) in [6, 6.07) is 9.45. The molecule has 0 saturated heterocycles. The van der Waals surface area contributed by atoms with Gasteiger partial charge in [0.15, 0.2) is 0 Å². The van der Waals surface area contributed by atoms with Gasteiger partial charge < -0.3 is 10.2 Å². The number of aryl methyl sites for hydroxylation is 1. The fraction of sp³-hybridized carbons (Fsp3) is 0.647. The van der Waals surface area contributed by atoms with E-state index in [1.165, 1.54) is 43.2 Å². The molecule has 2 rings (SSSR count). The third-order valence-corrected chi connectivity index (χ3v) is 4.85. The minimum atomic E-state index is 0.266. The fourth-order valence-electron chi connectivity index (χ4n) is 3.66. The van der Waals surface area contributed by atoms with Crippen LogP contribution in [0.3, 0.4) is 0 Å². The van der Waals surface area contributed by atoms with E-state index in [-0.39, 0.29) is 5.54 Å². The quantitative estimate of drug-likeness (QED) is 0.891. The van der Waals surface area contributed by atoms with Gasteiger partial charge in [0.1, 0.15) is 0 Å². The van der Waals surface area contributed by atoms with Crippen LogP contribution in [0.25, 0.3) is 0 Å². The maximum Gasteiger partial charge on any atom is 0.0504 e. The monoisotopic (exact) mass is 260 g/mol. The number of nitrogens with zero attached hydrogens (tertiary/aromatic N) is 1. The second-order valence-electron chi connectivity index (χ2n) is 6.19. The van der Waals surface area contributed by atoms with Crippen molar-refractivity contribution in [3.63, 3.8) is 0 Å². The average Bonchev–Trinajstić information content (AvgIpc) is 2.42. The predicted molar refractivity (Wildman–Crippen MR) is 82.5 cm³/mol. The molecule has 2 nitrogen and oxygen atoms in total. The number of rotatable bonds is 4. The summed E-state index contributed by atoms with van der Waals surface area (Å²) in [5.41, 5.74) is 3.02. The normalized spacial score (nSPS) is 20.5. The number of hydrogen-bond acceptors (Lipinski definition) is 2. The van der Waals surface area contributed by atoms with E-state index in [1.807, 2.05) is 0 Å². The minimum absolute atomic E-state index is 0.266. The van der Waals surface area contributed by atoms with Crippen molar-refractivity contribution in [3.8, 4) is 0 Å². The van der Waals surface area contributed by atoms with Crippen molar-refractivity contribution in [2.75, 3.05) is 21.1 Å². The molecule has 0 amide bonds. The van der Waals surface area contributed by atoms with Crippen LogP contribution in [0.5, 0.6) is 0 Å². The molecular formula is C17H28N2. The highest BCUT2D eigenvalue weighted by Gasteiger charge is 2.41. The lowest BCUT2D eigenvalue weighted by atomic mass is 9.73. The van der Waals surface area contributed by atoms with Gasteiger partial charge in [-0.05, 0) is 46.5 Å². The molecule has 1 N–H and O–H groups in total. The van der Waals surface area contributed by atoms with E-state index >= 15 is 0 Å². The molecule has 19 heavy (non-hydrogen) atoms. The lowest BCUT2D eigenvalue weighted by molar-refractivity contribution is 0.0594. The minimum Gasteiger partial charge on any atom is -0.311 e. The third kappa shape index (κ3) is 2.85. The molecule has 2 heteroatoms. The van der Waals surface area contributed by atoms with Gasteiger partial charge in [-0.2, -0.15) is 0 Å². The van der Waals surface area contributed by atoms with Crippen LogP contribution < -0.4 is 5.32 Å². The van der Waals surface area contributed by atoms with E-state index < -0.39 is 0 Å². The molecule has 1 unspecified atom stereocenters. The van der Waals surface area contributed by atoms with Gasteiger partial charge in [0, 0.05) is 5.54 Å². The summed E-state index contributed by atoms with van der Waals surface area (Å²) in [5, 5.41) is 3.59. The van der Waals surface area contributed by atoms with Crippen LogP contribution in [0, 0.1) is 6.92 Å². The summed E-state index contributed by atoms with van der Waals surface area (Å²) < 4.78 is 0. The highest BCUT2D eigenvalue weighted by Crippen LogP contribution is 2.41. The molecule has 0 aromatic heterocycles. The first-order valence-electron chi connectivity index (χ1n) is 7.51. The Morgan fingerprint density at radius 1 is 1.05 bits per heavy atom. The molecule has 1 aliphatic rings. The van der Waals surface area contributed by atoms with Crippen LogP contribution in [0.1, 0.15) is 49.3 Å². The van der Waals surface area contributed by atoms with Crippen molar-refractivity contribution in [3.05, 3.63) is 35.4 Å². The van der Waals surface area contributed by atoms with Crippen LogP contribution in [0.4, 0.5) is 0 Å². The zero-order valence-corrected chi connectivity index (χ0v) is 12.9. The smallest absolute Gasteiger partial charge is 0.0504 e. The summed E-state index contributed by atoms with van der Waals surface area (Å²) in [5.74, 6) is 0. The molecule has 0 heterocycles. The molecule has 0 radical (unpaired) electrons. The van der Waals surface area contributed by atoms with Gasteiger partial charge in [-0.1, -0.05) is 49.1 Å². The van der Waals surface area contributed by atoms with Gasteiger partial charge in [0.25, 0.3) is 0 Å². The zero-order chi connectivity index (χ0) is 13.9. The van der Waals surface area contributed by atoms with E-state index in [1.54, 1.807) is 0 Å². The largest absolute Gasteiger partial charge is 0.311 e. The molecule has 1 fully saturated rings. The highest BCUT2D eigenvalue weighted by molar-refractivity contribution is 5.27. The van der Waals surface area contributed by atoms with Crippen molar-refractivity contribution < 1.29 is 0 Å². The summed E-state index contributed by atoms with van der Waals surface area (Å²) in [6.45, 7) is 2.15. The third-order valence-electron chi connectivity index (χ3n) is 4.85. The lowest BCUT2D eigenvalue weighted by Gasteiger charge is -2.48. The van der Waals surface area contributed by atoms with Crippen molar-refractivity contribution in [2.45, 2.75) is 50.6 Å². The topological polar surface area (TPSA) is 15.3 Å². The maximum absolute atomic E-state index is 3.59. The first-order chi connectivity index (χ1) is 9.10. The molecule has 1 saturated carbocycles. The summed E-state index contributed by atoms with van der Waals surface area (Å²) in [4.78, 5) is 2.45. The second kappa shape index (κ2) is 6.06. The van der Waals surface area contributed by atoms with Crippen molar-refractivity contribution in [1.82, 2.24) is 10.2 Å². The highest BCUT2D eigenvalue weighted by atomic mass is 15.2. The van der Waals surface area contributed by atoms with Gasteiger partial charge in [-0.3, -0.25) is 0 Å². The Hall–Kier alpha value is -0.860. The Morgan fingerprint density at radius 2 is 1.63 bits per heavy atom. The van der Waals surface area contributed by atoms with E-state index in [2.05, 4.69) is 62.5 Å². The van der Waals surface area contributed by atoms with E-state index in [0.29, 0.717) is 6.04 Å². The Morgan fingerprint density at radius 3 is 2.11 bits per heavy atom. The predicted octanol–water partition coefficient (Wildman–Crippen LogP) is 3.52. The first kappa shape index (κ1) is 14.5. The number of nitrogens with one attached hydrogen (secondary N) is 1. The first-order valence-corrected chi connectivity index (χ1v) is 7.51. The zero-order valence-electron chi connectivity index (χ0n) is 12.9. The molecule has 1 atom stereocenters. The summed E-state index contributed by atoms with van der Waals surface area (Å²) in [6.07, 6.45) is 6.67. The number of benzene rings is 1. The number of likely N-dealkylation sites (N-methyl/N-ethyl adjacent to an activating group) is 2. The van der Waals surface area contributed by atoms with Crippen molar-refractivity contribution in [2.24, 2.45) is 0 Å².